The summed E-state index contributed by atoms with van der Waals surface area (Å²) in [6.07, 6.45) is 0.826. The van der Waals surface area contributed by atoms with Gasteiger partial charge in [-0.05, 0) is 19.3 Å². The molecule has 0 aromatic heterocycles. The quantitative estimate of drug-likeness (QED) is 0.394. The van der Waals surface area contributed by atoms with Crippen LogP contribution in [0.1, 0.15) is 47.5 Å². The molecule has 0 aliphatic carbocycles. The van der Waals surface area contributed by atoms with Crippen molar-refractivity contribution in [2.75, 3.05) is 13.2 Å². The maximum absolute atomic E-state index is 11.2. The summed E-state index contributed by atoms with van der Waals surface area (Å²) in [5.41, 5.74) is 0. The highest BCUT2D eigenvalue weighted by atomic mass is 16.6. The largest absolute Gasteiger partial charge is 0.466 e. The van der Waals surface area contributed by atoms with E-state index in [0.717, 1.165) is 0 Å². The van der Waals surface area contributed by atoms with Crippen LogP contribution in [0.4, 0.5) is 0 Å². The van der Waals surface area contributed by atoms with Crippen LogP contribution >= 0.6 is 0 Å². The van der Waals surface area contributed by atoms with Crippen molar-refractivity contribution in [1.29, 1.82) is 0 Å². The molecular formula is C12H25NO4. The normalized spacial score (nSPS) is 11.4. The summed E-state index contributed by atoms with van der Waals surface area (Å²) in [6, 6.07) is 0. The second-order valence-corrected chi connectivity index (χ2v) is 4.02. The smallest absolute Gasteiger partial charge is 0.306 e. The standard InChI is InChI=1S/C10H19NO4.C2H6/c1-4-15-10(12)6-9(5-8(2)3)7-11(13)14;1-2/h8-9H,4-7H2,1-3H3;1-2H3/t9-;/m0./s1. The number of hydrogen-bond donors (Lipinski definition) is 0. The number of ether oxygens (including phenoxy) is 1. The van der Waals surface area contributed by atoms with E-state index in [1.54, 1.807) is 6.92 Å². The van der Waals surface area contributed by atoms with E-state index in [9.17, 15) is 14.9 Å². The van der Waals surface area contributed by atoms with Gasteiger partial charge in [0, 0.05) is 10.8 Å². The van der Waals surface area contributed by atoms with Gasteiger partial charge >= 0.3 is 5.97 Å². The third kappa shape index (κ3) is 12.8. The Morgan fingerprint density at radius 2 is 1.88 bits per heavy atom. The maximum Gasteiger partial charge on any atom is 0.306 e. The topological polar surface area (TPSA) is 69.4 Å². The Hall–Kier alpha value is -1.13. The van der Waals surface area contributed by atoms with Crippen LogP contribution in [0.25, 0.3) is 0 Å². The van der Waals surface area contributed by atoms with Crippen LogP contribution in [0.5, 0.6) is 0 Å². The van der Waals surface area contributed by atoms with Crippen molar-refractivity contribution in [1.82, 2.24) is 0 Å². The molecule has 0 unspecified atom stereocenters. The number of esters is 1. The second kappa shape index (κ2) is 11.4. The van der Waals surface area contributed by atoms with Gasteiger partial charge in [0.25, 0.3) is 0 Å². The van der Waals surface area contributed by atoms with E-state index in [2.05, 4.69) is 0 Å². The van der Waals surface area contributed by atoms with Crippen LogP contribution in [0, 0.1) is 22.0 Å². The van der Waals surface area contributed by atoms with Gasteiger partial charge in [-0.1, -0.05) is 27.7 Å². The SMILES string of the molecule is CC.CCOC(=O)C[C@H](CC(C)C)C[N+](=O)[O-]. The van der Waals surface area contributed by atoms with Gasteiger partial charge in [0.2, 0.25) is 6.54 Å². The van der Waals surface area contributed by atoms with E-state index in [1.165, 1.54) is 0 Å². The molecule has 0 aliphatic heterocycles. The molecule has 0 heterocycles. The molecule has 0 bridgehead atoms. The molecule has 0 rings (SSSR count). The first-order valence-electron chi connectivity index (χ1n) is 6.23. The Morgan fingerprint density at radius 3 is 2.24 bits per heavy atom. The molecule has 0 N–H and O–H groups in total. The monoisotopic (exact) mass is 247 g/mol. The predicted octanol–water partition coefficient (Wildman–Crippen LogP) is 2.90. The van der Waals surface area contributed by atoms with E-state index in [1.807, 2.05) is 27.7 Å². The lowest BCUT2D eigenvalue weighted by atomic mass is 9.94. The van der Waals surface area contributed by atoms with Gasteiger partial charge in [-0.2, -0.15) is 0 Å². The Morgan fingerprint density at radius 1 is 1.35 bits per heavy atom. The minimum absolute atomic E-state index is 0.146. The molecule has 102 valence electrons. The second-order valence-electron chi connectivity index (χ2n) is 4.02. The molecule has 0 aromatic rings. The Balaban J connectivity index is 0. The van der Waals surface area contributed by atoms with Crippen LogP contribution < -0.4 is 0 Å². The molecule has 5 nitrogen and oxygen atoms in total. The number of carbonyl (C=O) groups excluding carboxylic acids is 1. The number of nitrogens with zero attached hydrogens (tertiary/aromatic N) is 1. The van der Waals surface area contributed by atoms with Crippen LogP contribution in [-0.4, -0.2) is 24.0 Å². The average Bonchev–Trinajstić information content (AvgIpc) is 2.18. The minimum atomic E-state index is -0.369. The number of rotatable bonds is 7. The van der Waals surface area contributed by atoms with Gasteiger partial charge in [-0.3, -0.25) is 14.9 Å². The summed E-state index contributed by atoms with van der Waals surface area (Å²) in [6.45, 7) is 9.86. The van der Waals surface area contributed by atoms with Gasteiger partial charge in [-0.25, -0.2) is 0 Å². The molecule has 0 radical (unpaired) electrons. The first-order chi connectivity index (χ1) is 7.95. The summed E-state index contributed by atoms with van der Waals surface area (Å²) < 4.78 is 4.77. The number of hydrogen-bond acceptors (Lipinski definition) is 4. The third-order valence-electron chi connectivity index (χ3n) is 1.97. The molecule has 0 spiro atoms. The fourth-order valence-electron chi connectivity index (χ4n) is 1.56. The molecule has 0 aromatic carbocycles. The Bertz CT molecular complexity index is 217. The van der Waals surface area contributed by atoms with Crippen LogP contribution in [0.2, 0.25) is 0 Å². The lowest BCUT2D eigenvalue weighted by molar-refractivity contribution is -0.488. The molecule has 0 saturated carbocycles. The maximum atomic E-state index is 11.2. The zero-order chi connectivity index (χ0) is 13.8. The minimum Gasteiger partial charge on any atom is -0.466 e. The first-order valence-corrected chi connectivity index (χ1v) is 6.23. The lowest BCUT2D eigenvalue weighted by Crippen LogP contribution is -2.21. The molecule has 0 saturated heterocycles. The number of carbonyl (C=O) groups is 1. The highest BCUT2D eigenvalue weighted by Gasteiger charge is 2.21. The van der Waals surface area contributed by atoms with Crippen molar-refractivity contribution in [2.45, 2.75) is 47.5 Å². The fraction of sp³-hybridized carbons (Fsp3) is 0.917. The van der Waals surface area contributed by atoms with E-state index < -0.39 is 0 Å². The van der Waals surface area contributed by atoms with E-state index >= 15 is 0 Å². The van der Waals surface area contributed by atoms with E-state index in [0.29, 0.717) is 18.9 Å². The molecule has 5 heteroatoms. The highest BCUT2D eigenvalue weighted by molar-refractivity contribution is 5.69. The van der Waals surface area contributed by atoms with Gasteiger partial charge in [0.1, 0.15) is 0 Å². The molecule has 0 aliphatic rings. The van der Waals surface area contributed by atoms with Crippen LogP contribution in [-0.2, 0) is 9.53 Å². The Kier molecular flexibility index (Phi) is 12.2. The van der Waals surface area contributed by atoms with Crippen molar-refractivity contribution >= 4 is 5.97 Å². The van der Waals surface area contributed by atoms with Crippen molar-refractivity contribution in [3.8, 4) is 0 Å². The summed E-state index contributed by atoms with van der Waals surface area (Å²) in [5, 5.41) is 10.4. The third-order valence-corrected chi connectivity index (χ3v) is 1.97. The summed E-state index contributed by atoms with van der Waals surface area (Å²) >= 11 is 0. The van der Waals surface area contributed by atoms with Gasteiger partial charge < -0.3 is 4.74 Å². The van der Waals surface area contributed by atoms with Crippen LogP contribution in [0.3, 0.4) is 0 Å². The Labute approximate surface area is 104 Å². The zero-order valence-electron chi connectivity index (χ0n) is 11.6. The van der Waals surface area contributed by atoms with Crippen molar-refractivity contribution in [3.05, 3.63) is 10.1 Å². The average molecular weight is 247 g/mol. The predicted molar refractivity (Wildman–Crippen MR) is 67.4 cm³/mol. The zero-order valence-corrected chi connectivity index (χ0v) is 11.6. The van der Waals surface area contributed by atoms with Crippen molar-refractivity contribution in [3.63, 3.8) is 0 Å². The molecule has 1 atom stereocenters. The van der Waals surface area contributed by atoms with E-state index in [4.69, 9.17) is 4.74 Å². The van der Waals surface area contributed by atoms with Crippen molar-refractivity contribution < 1.29 is 14.5 Å². The summed E-state index contributed by atoms with van der Waals surface area (Å²) in [4.78, 5) is 21.2. The van der Waals surface area contributed by atoms with Gasteiger partial charge in [-0.15, -0.1) is 0 Å². The molecule has 0 fully saturated rings. The number of nitro groups is 1. The lowest BCUT2D eigenvalue weighted by Gasteiger charge is -2.13. The molecule has 0 amide bonds. The van der Waals surface area contributed by atoms with Crippen LogP contribution in [0.15, 0.2) is 0 Å². The van der Waals surface area contributed by atoms with Gasteiger partial charge in [0.15, 0.2) is 0 Å². The highest BCUT2D eigenvalue weighted by Crippen LogP contribution is 2.16. The summed E-state index contributed by atoms with van der Waals surface area (Å²) in [5.74, 6) is -0.201. The fourth-order valence-corrected chi connectivity index (χ4v) is 1.56. The molecular weight excluding hydrogens is 222 g/mol. The molecule has 17 heavy (non-hydrogen) atoms. The van der Waals surface area contributed by atoms with E-state index in [-0.39, 0.29) is 29.8 Å². The van der Waals surface area contributed by atoms with Crippen molar-refractivity contribution in [2.24, 2.45) is 11.8 Å². The first kappa shape index (κ1) is 18.2. The summed E-state index contributed by atoms with van der Waals surface area (Å²) in [7, 11) is 0. The van der Waals surface area contributed by atoms with Gasteiger partial charge in [0.05, 0.1) is 13.0 Å².